The van der Waals surface area contributed by atoms with E-state index in [2.05, 4.69) is 21.9 Å². The summed E-state index contributed by atoms with van der Waals surface area (Å²) in [6.45, 7) is 6.37. The van der Waals surface area contributed by atoms with Crippen molar-refractivity contribution in [3.05, 3.63) is 77.9 Å². The number of rotatable bonds is 11. The van der Waals surface area contributed by atoms with Gasteiger partial charge in [-0.1, -0.05) is 12.8 Å². The van der Waals surface area contributed by atoms with Gasteiger partial charge in [0, 0.05) is 38.7 Å². The Hall–Kier alpha value is -3.39. The standard InChI is InChI=1S/C39H46N2O4S/c1-43-32-19-20-33-36(27-32)46-39(29-13-15-30(16-14-29)44-26-25-40-21-7-8-22-40)37(33)38(42)28-11-17-31(18-12-28)45-35-10-4-3-9-34(35)41-23-5-2-6-24-41/h11-20,27,34-35H,2-10,21-26H2,1H3/t34-,35-/m1/s1. The Kier molecular flexibility index (Phi) is 9.89. The van der Waals surface area contributed by atoms with E-state index in [1.54, 1.807) is 18.4 Å². The maximum atomic E-state index is 14.3. The van der Waals surface area contributed by atoms with Gasteiger partial charge in [0.25, 0.3) is 0 Å². The monoisotopic (exact) mass is 638 g/mol. The highest BCUT2D eigenvalue weighted by atomic mass is 32.1. The maximum absolute atomic E-state index is 14.3. The van der Waals surface area contributed by atoms with Crippen LogP contribution in [0.25, 0.3) is 20.5 Å². The van der Waals surface area contributed by atoms with Gasteiger partial charge in [-0.3, -0.25) is 14.6 Å². The molecule has 0 amide bonds. The lowest BCUT2D eigenvalue weighted by molar-refractivity contribution is 0.0261. The van der Waals surface area contributed by atoms with E-state index >= 15 is 0 Å². The molecule has 6 nitrogen and oxygen atoms in total. The van der Waals surface area contributed by atoms with Gasteiger partial charge in [0.05, 0.1) is 7.11 Å². The third-order valence-corrected chi connectivity index (χ3v) is 11.2. The molecule has 2 aliphatic heterocycles. The lowest BCUT2D eigenvalue weighted by Crippen LogP contribution is -2.49. The summed E-state index contributed by atoms with van der Waals surface area (Å²) in [4.78, 5) is 20.3. The molecule has 1 aromatic heterocycles. The van der Waals surface area contributed by atoms with E-state index in [1.807, 2.05) is 54.6 Å². The number of methoxy groups -OCH3 is 1. The van der Waals surface area contributed by atoms with Crippen molar-refractivity contribution in [2.75, 3.05) is 46.4 Å². The lowest BCUT2D eigenvalue weighted by atomic mass is 9.90. The Balaban J connectivity index is 1.10. The first-order chi connectivity index (χ1) is 22.7. The topological polar surface area (TPSA) is 51.2 Å². The molecule has 0 bridgehead atoms. The molecule has 0 unspecified atom stereocenters. The molecular weight excluding hydrogens is 593 g/mol. The molecule has 7 heteroatoms. The first kappa shape index (κ1) is 31.2. The number of thiophene rings is 1. The molecule has 3 aliphatic rings. The van der Waals surface area contributed by atoms with Gasteiger partial charge in [0.15, 0.2) is 5.78 Å². The van der Waals surface area contributed by atoms with Gasteiger partial charge in [-0.2, -0.15) is 0 Å². The van der Waals surface area contributed by atoms with Crippen molar-refractivity contribution in [1.29, 1.82) is 0 Å². The summed E-state index contributed by atoms with van der Waals surface area (Å²) in [5.74, 6) is 2.52. The largest absolute Gasteiger partial charge is 0.497 e. The number of likely N-dealkylation sites (tertiary alicyclic amines) is 2. The molecule has 4 aromatic rings. The van der Waals surface area contributed by atoms with Gasteiger partial charge in [-0.25, -0.2) is 0 Å². The van der Waals surface area contributed by atoms with Crippen molar-refractivity contribution >= 4 is 27.2 Å². The molecule has 7 rings (SSSR count). The van der Waals surface area contributed by atoms with E-state index in [0.29, 0.717) is 18.2 Å². The number of ether oxygens (including phenoxy) is 3. The predicted molar refractivity (Wildman–Crippen MR) is 187 cm³/mol. The van der Waals surface area contributed by atoms with Crippen LogP contribution in [0.3, 0.4) is 0 Å². The highest BCUT2D eigenvalue weighted by molar-refractivity contribution is 7.22. The van der Waals surface area contributed by atoms with Crippen LogP contribution >= 0.6 is 11.3 Å². The zero-order valence-electron chi connectivity index (χ0n) is 27.0. The summed E-state index contributed by atoms with van der Waals surface area (Å²) in [5, 5.41) is 0.948. The van der Waals surface area contributed by atoms with Crippen LogP contribution < -0.4 is 14.2 Å². The predicted octanol–water partition coefficient (Wildman–Crippen LogP) is 8.46. The summed E-state index contributed by atoms with van der Waals surface area (Å²) in [7, 11) is 1.68. The molecular formula is C39H46N2O4S. The van der Waals surface area contributed by atoms with Crippen LogP contribution in [0.15, 0.2) is 66.7 Å². The minimum absolute atomic E-state index is 0.0211. The second-order valence-corrected chi connectivity index (χ2v) is 14.1. The van der Waals surface area contributed by atoms with Crippen LogP contribution in [0.1, 0.15) is 73.7 Å². The van der Waals surface area contributed by atoms with Crippen molar-refractivity contribution < 1.29 is 19.0 Å². The zero-order chi connectivity index (χ0) is 31.3. The molecule has 0 radical (unpaired) electrons. The average molecular weight is 639 g/mol. The summed E-state index contributed by atoms with van der Waals surface area (Å²) >= 11 is 1.63. The van der Waals surface area contributed by atoms with Crippen LogP contribution in [0.5, 0.6) is 17.2 Å². The first-order valence-corrected chi connectivity index (χ1v) is 18.1. The second kappa shape index (κ2) is 14.6. The Labute approximate surface area is 277 Å². The Morgan fingerprint density at radius 3 is 2.24 bits per heavy atom. The number of carbonyl (C=O) groups excluding carboxylic acids is 1. The minimum Gasteiger partial charge on any atom is -0.497 e. The average Bonchev–Trinajstić information content (AvgIpc) is 3.77. The Bertz CT molecular complexity index is 1600. The van der Waals surface area contributed by atoms with Crippen molar-refractivity contribution in [1.82, 2.24) is 9.80 Å². The highest BCUT2D eigenvalue weighted by Crippen LogP contribution is 2.42. The van der Waals surface area contributed by atoms with Gasteiger partial charge in [0.1, 0.15) is 30.0 Å². The Morgan fingerprint density at radius 2 is 1.48 bits per heavy atom. The summed E-state index contributed by atoms with van der Waals surface area (Å²) in [5.41, 5.74) is 2.41. The van der Waals surface area contributed by atoms with Crippen molar-refractivity contribution in [3.63, 3.8) is 0 Å². The highest BCUT2D eigenvalue weighted by Gasteiger charge is 2.32. The fourth-order valence-corrected chi connectivity index (χ4v) is 8.75. The number of benzene rings is 3. The zero-order valence-corrected chi connectivity index (χ0v) is 27.9. The quantitative estimate of drug-likeness (QED) is 0.154. The molecule has 1 aliphatic carbocycles. The van der Waals surface area contributed by atoms with Gasteiger partial charge in [-0.15, -0.1) is 11.3 Å². The SMILES string of the molecule is COc1ccc2c(C(=O)c3ccc(O[C@@H]4CCCC[C@H]4N4CCCCC4)cc3)c(-c3ccc(OCCN4CCCC4)cc3)sc2c1. The smallest absolute Gasteiger partial charge is 0.195 e. The molecule has 46 heavy (non-hydrogen) atoms. The third-order valence-electron chi connectivity index (χ3n) is 10.0. The number of carbonyl (C=O) groups is 1. The molecule has 3 aromatic carbocycles. The Morgan fingerprint density at radius 1 is 0.783 bits per heavy atom. The van der Waals surface area contributed by atoms with Crippen LogP contribution in [0.2, 0.25) is 0 Å². The summed E-state index contributed by atoms with van der Waals surface area (Å²) in [6, 6.07) is 22.5. The molecule has 3 heterocycles. The molecule has 242 valence electrons. The molecule has 0 N–H and O–H groups in total. The van der Waals surface area contributed by atoms with Gasteiger partial charge >= 0.3 is 0 Å². The number of piperidine rings is 1. The van der Waals surface area contributed by atoms with E-state index in [9.17, 15) is 4.79 Å². The van der Waals surface area contributed by atoms with E-state index in [0.717, 1.165) is 56.3 Å². The lowest BCUT2D eigenvalue weighted by Gasteiger charge is -2.41. The molecule has 2 atom stereocenters. The third kappa shape index (κ3) is 6.97. The van der Waals surface area contributed by atoms with Gasteiger partial charge in [0.2, 0.25) is 0 Å². The summed E-state index contributed by atoms with van der Waals surface area (Å²) in [6.07, 6.45) is 11.5. The van der Waals surface area contributed by atoms with E-state index < -0.39 is 0 Å². The van der Waals surface area contributed by atoms with Gasteiger partial charge < -0.3 is 14.2 Å². The molecule has 0 spiro atoms. The van der Waals surface area contributed by atoms with E-state index in [1.165, 1.54) is 77.5 Å². The number of hydrogen-bond acceptors (Lipinski definition) is 7. The van der Waals surface area contributed by atoms with E-state index in [-0.39, 0.29) is 11.9 Å². The van der Waals surface area contributed by atoms with E-state index in [4.69, 9.17) is 14.2 Å². The van der Waals surface area contributed by atoms with Crippen LogP contribution in [-0.2, 0) is 0 Å². The number of nitrogens with zero attached hydrogens (tertiary/aromatic N) is 2. The van der Waals surface area contributed by atoms with Crippen molar-refractivity contribution in [2.24, 2.45) is 0 Å². The van der Waals surface area contributed by atoms with Crippen LogP contribution in [0, 0.1) is 0 Å². The normalized spacial score (nSPS) is 21.0. The van der Waals surface area contributed by atoms with Crippen molar-refractivity contribution in [2.45, 2.75) is 69.9 Å². The summed E-state index contributed by atoms with van der Waals surface area (Å²) < 4.78 is 19.2. The molecule has 2 saturated heterocycles. The van der Waals surface area contributed by atoms with Crippen LogP contribution in [-0.4, -0.2) is 74.2 Å². The van der Waals surface area contributed by atoms with Crippen molar-refractivity contribution in [3.8, 4) is 27.7 Å². The fraction of sp³-hybridized carbons (Fsp3) is 0.462. The molecule has 1 saturated carbocycles. The minimum atomic E-state index is 0.0211. The van der Waals surface area contributed by atoms with Crippen LogP contribution in [0.4, 0.5) is 0 Å². The number of fused-ring (bicyclic) bond motifs is 1. The van der Waals surface area contributed by atoms with Gasteiger partial charge in [-0.05, 0) is 143 Å². The molecule has 3 fully saturated rings. The first-order valence-electron chi connectivity index (χ1n) is 17.3. The maximum Gasteiger partial charge on any atom is 0.195 e. The second-order valence-electron chi connectivity index (χ2n) is 13.0. The number of hydrogen-bond donors (Lipinski definition) is 0. The fourth-order valence-electron chi connectivity index (χ4n) is 7.52. The number of ketones is 1.